The van der Waals surface area contributed by atoms with Gasteiger partial charge in [-0.05, 0) is 40.6 Å². The molecule has 14 heteroatoms. The SMILES string of the molecule is C/C(Cl)=C(\C=N/N(C=O)PI)N1CCc2c(nc(C(N)=O)n2Cc2ccccc2C(F)(F)F)C1. The standard InChI is InChI=1S/C20H20ClF3IN6O2P/c1-12(21)17(8-27-31(11-32)34-25)29-7-6-16-15(10-29)28-19(18(26)33)30(16)9-13-4-2-3-5-14(13)20(22,23)24/h2-5,8,11,34H,6-7,9-10H2,1H3,(H2,26,33)/b17-12-,27-8-. The van der Waals surface area contributed by atoms with E-state index in [2.05, 4.69) is 10.1 Å². The molecule has 1 atom stereocenters. The largest absolute Gasteiger partial charge is 0.416 e. The van der Waals surface area contributed by atoms with Crippen molar-refractivity contribution >= 4 is 58.5 Å². The van der Waals surface area contributed by atoms with Crippen molar-refractivity contribution in [2.24, 2.45) is 10.8 Å². The number of alkyl halides is 3. The van der Waals surface area contributed by atoms with Crippen LogP contribution in [0.4, 0.5) is 13.2 Å². The summed E-state index contributed by atoms with van der Waals surface area (Å²) in [6.07, 6.45) is -1.98. The van der Waals surface area contributed by atoms with Gasteiger partial charge in [0.25, 0.3) is 5.91 Å². The van der Waals surface area contributed by atoms with Gasteiger partial charge in [-0.2, -0.15) is 18.3 Å². The molecule has 1 aliphatic rings. The lowest BCUT2D eigenvalue weighted by atomic mass is 10.1. The number of imidazole rings is 1. The molecule has 0 saturated heterocycles. The van der Waals surface area contributed by atoms with E-state index in [1.165, 1.54) is 33.8 Å². The van der Waals surface area contributed by atoms with E-state index in [4.69, 9.17) is 17.3 Å². The highest BCUT2D eigenvalue weighted by Crippen LogP contribution is 2.33. The molecule has 182 valence electrons. The lowest BCUT2D eigenvalue weighted by Crippen LogP contribution is -2.32. The molecule has 0 aliphatic carbocycles. The van der Waals surface area contributed by atoms with E-state index >= 15 is 0 Å². The molecular formula is C20H20ClF3IN6O2P. The Morgan fingerprint density at radius 2 is 2.12 bits per heavy atom. The van der Waals surface area contributed by atoms with Crippen molar-refractivity contribution in [2.45, 2.75) is 32.6 Å². The maximum absolute atomic E-state index is 13.5. The van der Waals surface area contributed by atoms with Gasteiger partial charge in [0.05, 0.1) is 42.6 Å². The zero-order valence-electron chi connectivity index (χ0n) is 17.8. The van der Waals surface area contributed by atoms with Crippen molar-refractivity contribution < 1.29 is 22.8 Å². The number of nitrogens with zero attached hydrogens (tertiary/aromatic N) is 5. The average Bonchev–Trinajstić information content (AvgIpc) is 3.14. The Morgan fingerprint density at radius 3 is 2.71 bits per heavy atom. The van der Waals surface area contributed by atoms with Crippen molar-refractivity contribution in [3.8, 4) is 0 Å². The van der Waals surface area contributed by atoms with E-state index in [-0.39, 0.29) is 30.9 Å². The molecule has 0 spiro atoms. The number of carbonyl (C=O) groups is 2. The number of carbonyl (C=O) groups excluding carboxylic acids is 2. The number of aromatic nitrogens is 2. The smallest absolute Gasteiger partial charge is 0.363 e. The Labute approximate surface area is 213 Å². The highest BCUT2D eigenvalue weighted by molar-refractivity contribution is 14.2. The molecule has 1 unspecified atom stereocenters. The van der Waals surface area contributed by atoms with Gasteiger partial charge in [-0.1, -0.05) is 29.8 Å². The fourth-order valence-electron chi connectivity index (χ4n) is 3.69. The zero-order valence-corrected chi connectivity index (χ0v) is 21.7. The van der Waals surface area contributed by atoms with E-state index < -0.39 is 17.6 Å². The van der Waals surface area contributed by atoms with E-state index in [0.717, 1.165) is 6.07 Å². The lowest BCUT2D eigenvalue weighted by Gasteiger charge is -2.30. The summed E-state index contributed by atoms with van der Waals surface area (Å²) in [5.74, 6) is -0.940. The molecule has 2 amide bonds. The number of nitrogens with two attached hydrogens (primary N) is 1. The van der Waals surface area contributed by atoms with Gasteiger partial charge in [-0.25, -0.2) is 9.76 Å². The van der Waals surface area contributed by atoms with Crippen LogP contribution in [0, 0.1) is 0 Å². The summed E-state index contributed by atoms with van der Waals surface area (Å²) in [7, 11) is 0. The molecule has 34 heavy (non-hydrogen) atoms. The average molecular weight is 627 g/mol. The molecule has 0 fully saturated rings. The molecule has 1 aliphatic heterocycles. The van der Waals surface area contributed by atoms with Crippen molar-refractivity contribution in [3.05, 3.63) is 63.3 Å². The first-order valence-electron chi connectivity index (χ1n) is 9.86. The first kappa shape index (κ1) is 26.4. The summed E-state index contributed by atoms with van der Waals surface area (Å²) in [4.78, 5) is 29.3. The summed E-state index contributed by atoms with van der Waals surface area (Å²) >= 11 is 8.28. The number of amides is 2. The van der Waals surface area contributed by atoms with Crippen molar-refractivity contribution in [2.75, 3.05) is 6.54 Å². The number of primary amides is 1. The lowest BCUT2D eigenvalue weighted by molar-refractivity contribution is -0.138. The maximum Gasteiger partial charge on any atom is 0.416 e. The second-order valence-corrected chi connectivity index (χ2v) is 9.94. The minimum absolute atomic E-state index is 0.0121. The first-order valence-corrected chi connectivity index (χ1v) is 14.3. The van der Waals surface area contributed by atoms with E-state index in [0.29, 0.717) is 41.5 Å². The number of halogens is 5. The number of hydrazone groups is 1. The van der Waals surface area contributed by atoms with Crippen LogP contribution in [-0.2, 0) is 30.5 Å². The highest BCUT2D eigenvalue weighted by atomic mass is 127. The minimum Gasteiger partial charge on any atom is -0.363 e. The van der Waals surface area contributed by atoms with Crippen molar-refractivity contribution in [1.82, 2.24) is 19.2 Å². The molecule has 2 aromatic rings. The van der Waals surface area contributed by atoms with Crippen molar-refractivity contribution in [3.63, 3.8) is 0 Å². The van der Waals surface area contributed by atoms with Gasteiger partial charge in [-0.15, -0.1) is 0 Å². The van der Waals surface area contributed by atoms with Gasteiger partial charge in [0.1, 0.15) is 0 Å². The van der Waals surface area contributed by atoms with Gasteiger partial charge >= 0.3 is 6.18 Å². The highest BCUT2D eigenvalue weighted by Gasteiger charge is 2.34. The number of hydrogen-bond acceptors (Lipinski definition) is 5. The van der Waals surface area contributed by atoms with Gasteiger partial charge < -0.3 is 15.2 Å². The minimum atomic E-state index is -4.54. The number of allylic oxidation sites excluding steroid dienone is 2. The monoisotopic (exact) mass is 626 g/mol. The maximum atomic E-state index is 13.5. The molecule has 2 N–H and O–H groups in total. The van der Waals surface area contributed by atoms with Crippen LogP contribution in [-0.4, -0.2) is 44.3 Å². The van der Waals surface area contributed by atoms with Gasteiger partial charge in [-0.3, -0.25) is 9.59 Å². The van der Waals surface area contributed by atoms with Gasteiger partial charge in [0.15, 0.2) is 5.82 Å². The Morgan fingerprint density at radius 1 is 1.41 bits per heavy atom. The number of benzene rings is 1. The van der Waals surface area contributed by atoms with Crippen LogP contribution in [0.15, 0.2) is 40.1 Å². The Kier molecular flexibility index (Phi) is 8.58. The quantitative estimate of drug-likeness (QED) is 0.156. The van der Waals surface area contributed by atoms with Crippen LogP contribution in [0.25, 0.3) is 0 Å². The molecule has 0 saturated carbocycles. The van der Waals surface area contributed by atoms with E-state index in [1.54, 1.807) is 6.92 Å². The molecule has 0 radical (unpaired) electrons. The fourth-order valence-corrected chi connectivity index (χ4v) is 4.71. The summed E-state index contributed by atoms with van der Waals surface area (Å²) in [6.45, 7) is 2.16. The molecule has 0 bridgehead atoms. The molecule has 1 aromatic carbocycles. The predicted octanol–water partition coefficient (Wildman–Crippen LogP) is 4.27. The normalized spacial score (nSPS) is 15.1. The fraction of sp³-hybridized carbons (Fsp3) is 0.300. The predicted molar refractivity (Wildman–Crippen MR) is 133 cm³/mol. The molecular weight excluding hydrogens is 607 g/mol. The third-order valence-electron chi connectivity index (χ3n) is 5.17. The summed E-state index contributed by atoms with van der Waals surface area (Å²) in [5.41, 5.74) is 6.45. The Balaban J connectivity index is 1.96. The molecule has 2 heterocycles. The zero-order chi connectivity index (χ0) is 25.0. The van der Waals surface area contributed by atoms with Crippen LogP contribution in [0.3, 0.4) is 0 Å². The van der Waals surface area contributed by atoms with Gasteiger partial charge in [0, 0.05) is 23.7 Å². The number of fused-ring (bicyclic) bond motifs is 1. The van der Waals surface area contributed by atoms with Crippen molar-refractivity contribution in [1.29, 1.82) is 0 Å². The molecule has 3 rings (SSSR count). The Bertz CT molecular complexity index is 1150. The van der Waals surface area contributed by atoms with Crippen LogP contribution < -0.4 is 5.73 Å². The van der Waals surface area contributed by atoms with Crippen LogP contribution in [0.1, 0.15) is 40.1 Å². The number of rotatable bonds is 8. The van der Waals surface area contributed by atoms with Crippen LogP contribution >= 0.6 is 40.0 Å². The summed E-state index contributed by atoms with van der Waals surface area (Å²) in [5, 5.41) is 4.54. The van der Waals surface area contributed by atoms with Crippen LogP contribution in [0.5, 0.6) is 0 Å². The number of hydrogen-bond donors (Lipinski definition) is 1. The van der Waals surface area contributed by atoms with E-state index in [1.807, 2.05) is 26.9 Å². The van der Waals surface area contributed by atoms with Gasteiger partial charge in [0.2, 0.25) is 6.41 Å². The van der Waals surface area contributed by atoms with Crippen LogP contribution in [0.2, 0.25) is 0 Å². The Hall–Kier alpha value is -2.18. The summed E-state index contributed by atoms with van der Waals surface area (Å²) < 4.78 is 43.2. The third-order valence-corrected chi connectivity index (χ3v) is 7.24. The van der Waals surface area contributed by atoms with E-state index in [9.17, 15) is 22.8 Å². The third kappa shape index (κ3) is 5.89. The first-order chi connectivity index (χ1) is 16.1. The summed E-state index contributed by atoms with van der Waals surface area (Å²) in [6, 6.07) is 5.20. The molecule has 8 nitrogen and oxygen atoms in total. The molecule has 1 aromatic heterocycles. The second kappa shape index (κ2) is 11.0. The topological polar surface area (TPSA) is 96.8 Å². The second-order valence-electron chi connectivity index (χ2n) is 7.30.